The molecule has 0 atom stereocenters. The fourth-order valence-electron chi connectivity index (χ4n) is 4.09. The van der Waals surface area contributed by atoms with Crippen LogP contribution in [0, 0.1) is 12.8 Å². The van der Waals surface area contributed by atoms with Crippen molar-refractivity contribution in [1.29, 1.82) is 0 Å². The average Bonchev–Trinajstić information content (AvgIpc) is 2.54. The summed E-state index contributed by atoms with van der Waals surface area (Å²) in [4.78, 5) is 12.7. The molecule has 3 rings (SSSR count). The van der Waals surface area contributed by atoms with Gasteiger partial charge in [-0.1, -0.05) is 25.3 Å². The molecule has 1 aromatic carbocycles. The molecule has 0 saturated heterocycles. The van der Waals surface area contributed by atoms with Gasteiger partial charge in [-0.25, -0.2) is 0 Å². The van der Waals surface area contributed by atoms with Gasteiger partial charge < -0.3 is 10.4 Å². The zero-order valence-electron chi connectivity index (χ0n) is 15.1. The summed E-state index contributed by atoms with van der Waals surface area (Å²) in [6.45, 7) is 6.41. The van der Waals surface area contributed by atoms with Crippen LogP contribution < -0.4 is 5.32 Å². The molecule has 24 heavy (non-hydrogen) atoms. The summed E-state index contributed by atoms with van der Waals surface area (Å²) < 4.78 is 0. The van der Waals surface area contributed by atoms with Crippen molar-refractivity contribution >= 4 is 11.5 Å². The van der Waals surface area contributed by atoms with E-state index < -0.39 is 0 Å². The molecule has 0 unspecified atom stereocenters. The van der Waals surface area contributed by atoms with Crippen molar-refractivity contribution in [3.8, 4) is 0 Å². The molecule has 0 bridgehead atoms. The lowest BCUT2D eigenvalue weighted by atomic mass is 9.82. The normalized spacial score (nSPS) is 22.1. The minimum Gasteiger partial charge on any atom is -0.392 e. The van der Waals surface area contributed by atoms with Crippen molar-refractivity contribution in [2.75, 3.05) is 0 Å². The number of aliphatic hydroxyl groups is 1. The van der Waals surface area contributed by atoms with Gasteiger partial charge in [-0.05, 0) is 62.8 Å². The Morgan fingerprint density at radius 3 is 2.67 bits per heavy atom. The van der Waals surface area contributed by atoms with Crippen molar-refractivity contribution in [2.45, 2.75) is 71.4 Å². The zero-order chi connectivity index (χ0) is 17.3. The van der Waals surface area contributed by atoms with Crippen LogP contribution in [0.4, 0.5) is 0 Å². The number of hydrogen-bond acceptors (Lipinski definition) is 3. The third-order valence-electron chi connectivity index (χ3n) is 5.42. The smallest absolute Gasteiger partial charge is 0.160 e. The lowest BCUT2D eigenvalue weighted by molar-refractivity contribution is -0.119. The van der Waals surface area contributed by atoms with Crippen molar-refractivity contribution in [2.24, 2.45) is 5.92 Å². The van der Waals surface area contributed by atoms with E-state index in [0.717, 1.165) is 41.6 Å². The maximum absolute atomic E-state index is 12.7. The molecule has 0 amide bonds. The first-order valence-corrected chi connectivity index (χ1v) is 9.17. The molecule has 0 aromatic heterocycles. The quantitative estimate of drug-likeness (QED) is 0.828. The van der Waals surface area contributed by atoms with Gasteiger partial charge in [0.15, 0.2) is 5.78 Å². The maximum Gasteiger partial charge on any atom is 0.160 e. The Balaban J connectivity index is 1.98. The molecule has 0 spiro atoms. The van der Waals surface area contributed by atoms with Crippen LogP contribution in [0.5, 0.6) is 0 Å². The average molecular weight is 327 g/mol. The van der Waals surface area contributed by atoms with Crippen LogP contribution in [0.15, 0.2) is 18.2 Å². The third-order valence-corrected chi connectivity index (χ3v) is 5.42. The minimum atomic E-state index is -0.0706. The standard InChI is InChI=1S/C21H29NO2/c1-14-9-16-12-21(2,3)22-19(18(16)10-17(14)13-23)11-20(24)15-7-5-4-6-8-15/h9-11,15,22-23H,4-8,12-13H2,1-3H3/b19-11+. The van der Waals surface area contributed by atoms with E-state index in [4.69, 9.17) is 0 Å². The van der Waals surface area contributed by atoms with Gasteiger partial charge in [0, 0.05) is 28.8 Å². The SMILES string of the molecule is Cc1cc2c(cc1CO)/C(=C\C(=O)C1CCCCC1)NC(C)(C)C2. The first kappa shape index (κ1) is 17.2. The molecule has 1 aromatic rings. The summed E-state index contributed by atoms with van der Waals surface area (Å²) in [5, 5.41) is 13.1. The summed E-state index contributed by atoms with van der Waals surface area (Å²) in [7, 11) is 0. The Hall–Kier alpha value is -1.61. The molecule has 3 heteroatoms. The fraction of sp³-hybridized carbons (Fsp3) is 0.571. The molecule has 1 saturated carbocycles. The highest BCUT2D eigenvalue weighted by molar-refractivity contribution is 5.98. The van der Waals surface area contributed by atoms with E-state index in [-0.39, 0.29) is 23.8 Å². The molecule has 2 N–H and O–H groups in total. The topological polar surface area (TPSA) is 49.3 Å². The van der Waals surface area contributed by atoms with E-state index in [9.17, 15) is 9.90 Å². The van der Waals surface area contributed by atoms with E-state index in [2.05, 4.69) is 25.2 Å². The Labute approximate surface area is 145 Å². The molecule has 2 aliphatic rings. The van der Waals surface area contributed by atoms with Crippen LogP contribution in [-0.2, 0) is 17.8 Å². The summed E-state index contributed by atoms with van der Waals surface area (Å²) in [5.41, 5.74) is 5.24. The summed E-state index contributed by atoms with van der Waals surface area (Å²) >= 11 is 0. The van der Waals surface area contributed by atoms with Gasteiger partial charge >= 0.3 is 0 Å². The van der Waals surface area contributed by atoms with Crippen LogP contribution in [0.2, 0.25) is 0 Å². The molecular formula is C21H29NO2. The van der Waals surface area contributed by atoms with Gasteiger partial charge in [0.2, 0.25) is 0 Å². The lowest BCUT2D eigenvalue weighted by Gasteiger charge is -2.36. The van der Waals surface area contributed by atoms with Crippen molar-refractivity contribution < 1.29 is 9.90 Å². The number of carbonyl (C=O) groups is 1. The lowest BCUT2D eigenvalue weighted by Crippen LogP contribution is -2.44. The number of hydrogen-bond donors (Lipinski definition) is 2. The van der Waals surface area contributed by atoms with Gasteiger partial charge in [-0.15, -0.1) is 0 Å². The van der Waals surface area contributed by atoms with Crippen LogP contribution in [0.3, 0.4) is 0 Å². The third kappa shape index (κ3) is 3.56. The van der Waals surface area contributed by atoms with Crippen molar-refractivity contribution in [3.63, 3.8) is 0 Å². The van der Waals surface area contributed by atoms with Crippen molar-refractivity contribution in [1.82, 2.24) is 5.32 Å². The van der Waals surface area contributed by atoms with Crippen LogP contribution in [0.25, 0.3) is 5.70 Å². The van der Waals surface area contributed by atoms with Gasteiger partial charge in [-0.2, -0.15) is 0 Å². The largest absolute Gasteiger partial charge is 0.392 e. The van der Waals surface area contributed by atoms with Crippen molar-refractivity contribution in [3.05, 3.63) is 40.5 Å². The molecular weight excluding hydrogens is 298 g/mol. The Morgan fingerprint density at radius 2 is 2.00 bits per heavy atom. The Morgan fingerprint density at radius 1 is 1.29 bits per heavy atom. The monoisotopic (exact) mass is 327 g/mol. The molecule has 130 valence electrons. The number of aryl methyl sites for hydroxylation is 1. The Kier molecular flexibility index (Phi) is 4.82. The van der Waals surface area contributed by atoms with E-state index in [0.29, 0.717) is 0 Å². The van der Waals surface area contributed by atoms with E-state index in [1.165, 1.54) is 24.8 Å². The number of fused-ring (bicyclic) bond motifs is 1. The van der Waals surface area contributed by atoms with Gasteiger partial charge in [0.1, 0.15) is 0 Å². The second-order valence-corrected chi connectivity index (χ2v) is 8.07. The minimum absolute atomic E-state index is 0.0341. The van der Waals surface area contributed by atoms with E-state index >= 15 is 0 Å². The van der Waals surface area contributed by atoms with Gasteiger partial charge in [0.25, 0.3) is 0 Å². The molecule has 1 aliphatic heterocycles. The summed E-state index contributed by atoms with van der Waals surface area (Å²) in [6.07, 6.45) is 8.39. The zero-order valence-corrected chi connectivity index (χ0v) is 15.1. The molecule has 1 fully saturated rings. The predicted octanol–water partition coefficient (Wildman–Crippen LogP) is 3.90. The number of nitrogens with one attached hydrogen (secondary N) is 1. The van der Waals surface area contributed by atoms with Crippen LogP contribution in [0.1, 0.15) is 68.2 Å². The number of benzene rings is 1. The van der Waals surface area contributed by atoms with E-state index in [1.54, 1.807) is 0 Å². The fourth-order valence-corrected chi connectivity index (χ4v) is 4.09. The second kappa shape index (κ2) is 6.72. The number of allylic oxidation sites excluding steroid dienone is 1. The maximum atomic E-state index is 12.7. The Bertz CT molecular complexity index is 667. The first-order valence-electron chi connectivity index (χ1n) is 9.17. The molecule has 1 heterocycles. The highest BCUT2D eigenvalue weighted by atomic mass is 16.3. The van der Waals surface area contributed by atoms with Gasteiger partial charge in [-0.3, -0.25) is 4.79 Å². The molecule has 0 radical (unpaired) electrons. The summed E-state index contributed by atoms with van der Waals surface area (Å²) in [5.74, 6) is 0.441. The van der Waals surface area contributed by atoms with Crippen LogP contribution >= 0.6 is 0 Å². The van der Waals surface area contributed by atoms with Crippen LogP contribution in [-0.4, -0.2) is 16.4 Å². The highest BCUT2D eigenvalue weighted by Crippen LogP contribution is 2.33. The first-order chi connectivity index (χ1) is 11.4. The molecule has 3 nitrogen and oxygen atoms in total. The number of ketones is 1. The predicted molar refractivity (Wildman–Crippen MR) is 97.6 cm³/mol. The number of carbonyl (C=O) groups excluding carboxylic acids is 1. The summed E-state index contributed by atoms with van der Waals surface area (Å²) in [6, 6.07) is 4.22. The molecule has 1 aliphatic carbocycles. The van der Waals surface area contributed by atoms with Gasteiger partial charge in [0.05, 0.1) is 6.61 Å². The highest BCUT2D eigenvalue weighted by Gasteiger charge is 2.29. The van der Waals surface area contributed by atoms with E-state index in [1.807, 2.05) is 19.1 Å². The number of aliphatic hydroxyl groups excluding tert-OH is 1. The second-order valence-electron chi connectivity index (χ2n) is 8.07. The number of rotatable bonds is 3.